The van der Waals surface area contributed by atoms with E-state index in [0.717, 1.165) is 0 Å². The predicted octanol–water partition coefficient (Wildman–Crippen LogP) is 1.99. The summed E-state index contributed by atoms with van der Waals surface area (Å²) in [5, 5.41) is 16.5. The zero-order chi connectivity index (χ0) is 13.8. The first-order chi connectivity index (χ1) is 9.08. The summed E-state index contributed by atoms with van der Waals surface area (Å²) >= 11 is 3.34. The second-order valence-corrected chi connectivity index (χ2v) is 6.07. The number of aromatic nitrogens is 2. The zero-order valence-corrected chi connectivity index (χ0v) is 12.7. The lowest BCUT2D eigenvalue weighted by molar-refractivity contribution is 0.188. The molecule has 0 aromatic carbocycles. The molecule has 1 aromatic heterocycles. The Morgan fingerprint density at radius 1 is 1.63 bits per heavy atom. The van der Waals surface area contributed by atoms with Crippen LogP contribution in [0.4, 0.5) is 5.69 Å². The number of halogens is 1. The van der Waals surface area contributed by atoms with Gasteiger partial charge < -0.3 is 10.4 Å². The molecular formula is C13H20BrN3O2. The molecule has 0 bridgehead atoms. The molecule has 1 saturated carbocycles. The van der Waals surface area contributed by atoms with E-state index in [2.05, 4.69) is 26.3 Å². The molecule has 1 aliphatic carbocycles. The Labute approximate surface area is 121 Å². The molecule has 2 N–H and O–H groups in total. The van der Waals surface area contributed by atoms with Crippen molar-refractivity contribution in [3.05, 3.63) is 21.0 Å². The third-order valence-electron chi connectivity index (χ3n) is 3.52. The summed E-state index contributed by atoms with van der Waals surface area (Å²) in [5.74, 6) is 0.594. The molecule has 1 heterocycles. The topological polar surface area (TPSA) is 67.2 Å². The van der Waals surface area contributed by atoms with Crippen molar-refractivity contribution in [3.8, 4) is 0 Å². The Balaban J connectivity index is 2.07. The number of aliphatic hydroxyl groups is 1. The van der Waals surface area contributed by atoms with Crippen LogP contribution in [-0.2, 0) is 6.54 Å². The molecule has 2 rings (SSSR count). The van der Waals surface area contributed by atoms with E-state index in [9.17, 15) is 9.90 Å². The summed E-state index contributed by atoms with van der Waals surface area (Å²) in [4.78, 5) is 12.3. The van der Waals surface area contributed by atoms with Crippen molar-refractivity contribution in [1.82, 2.24) is 9.78 Å². The Hall–Kier alpha value is -0.880. The van der Waals surface area contributed by atoms with Crippen LogP contribution in [0.15, 0.2) is 15.5 Å². The predicted molar refractivity (Wildman–Crippen MR) is 78.3 cm³/mol. The Bertz CT molecular complexity index is 483. The van der Waals surface area contributed by atoms with Crippen LogP contribution >= 0.6 is 15.9 Å². The van der Waals surface area contributed by atoms with E-state index in [1.54, 1.807) is 17.8 Å². The third kappa shape index (κ3) is 3.79. The first-order valence-corrected chi connectivity index (χ1v) is 7.54. The molecule has 0 saturated heterocycles. The van der Waals surface area contributed by atoms with Crippen molar-refractivity contribution in [2.24, 2.45) is 5.92 Å². The van der Waals surface area contributed by atoms with Crippen LogP contribution in [0, 0.1) is 5.92 Å². The molecular weight excluding hydrogens is 310 g/mol. The summed E-state index contributed by atoms with van der Waals surface area (Å²) < 4.78 is 2.21. The number of anilines is 1. The minimum absolute atomic E-state index is 0.0909. The van der Waals surface area contributed by atoms with Gasteiger partial charge in [0, 0.05) is 13.1 Å². The minimum Gasteiger partial charge on any atom is -0.393 e. The van der Waals surface area contributed by atoms with Crippen molar-refractivity contribution < 1.29 is 5.11 Å². The molecule has 106 valence electrons. The van der Waals surface area contributed by atoms with Gasteiger partial charge in [0.05, 0.1) is 16.8 Å². The van der Waals surface area contributed by atoms with Crippen LogP contribution in [0.1, 0.15) is 32.6 Å². The van der Waals surface area contributed by atoms with Crippen molar-refractivity contribution in [1.29, 1.82) is 0 Å². The van der Waals surface area contributed by atoms with Crippen molar-refractivity contribution in [3.63, 3.8) is 0 Å². The number of rotatable bonds is 6. The highest BCUT2D eigenvalue weighted by Crippen LogP contribution is 2.27. The van der Waals surface area contributed by atoms with Crippen LogP contribution in [0.3, 0.4) is 0 Å². The average molecular weight is 330 g/mol. The van der Waals surface area contributed by atoms with Crippen LogP contribution in [0.2, 0.25) is 0 Å². The lowest BCUT2D eigenvalue weighted by atomic mass is 9.85. The van der Waals surface area contributed by atoms with Gasteiger partial charge in [0.15, 0.2) is 0 Å². The van der Waals surface area contributed by atoms with Gasteiger partial charge in [0.25, 0.3) is 5.56 Å². The fraction of sp³-hybridized carbons (Fsp3) is 0.692. The number of nitrogens with zero attached hydrogens (tertiary/aromatic N) is 2. The molecule has 1 unspecified atom stereocenters. The fourth-order valence-electron chi connectivity index (χ4n) is 2.08. The quantitative estimate of drug-likeness (QED) is 0.837. The van der Waals surface area contributed by atoms with E-state index in [4.69, 9.17) is 0 Å². The van der Waals surface area contributed by atoms with Crippen LogP contribution in [0.25, 0.3) is 0 Å². The van der Waals surface area contributed by atoms with E-state index in [1.165, 1.54) is 19.3 Å². The maximum Gasteiger partial charge on any atom is 0.291 e. The van der Waals surface area contributed by atoms with Crippen LogP contribution in [-0.4, -0.2) is 27.5 Å². The highest BCUT2D eigenvalue weighted by molar-refractivity contribution is 9.10. The van der Waals surface area contributed by atoms with Gasteiger partial charge in [-0.25, -0.2) is 4.68 Å². The second kappa shape index (κ2) is 6.52. The smallest absolute Gasteiger partial charge is 0.291 e. The summed E-state index contributed by atoms with van der Waals surface area (Å²) in [6.07, 6.45) is 5.53. The molecule has 1 aromatic rings. The Kier molecular flexibility index (Phi) is 4.99. The molecule has 0 spiro atoms. The molecule has 1 fully saturated rings. The average Bonchev–Trinajstić information content (AvgIpc) is 2.30. The van der Waals surface area contributed by atoms with Gasteiger partial charge in [-0.3, -0.25) is 4.79 Å². The van der Waals surface area contributed by atoms with Gasteiger partial charge >= 0.3 is 0 Å². The van der Waals surface area contributed by atoms with E-state index in [0.29, 0.717) is 35.6 Å². The minimum atomic E-state index is -0.370. The van der Waals surface area contributed by atoms with Crippen molar-refractivity contribution >= 4 is 21.6 Å². The van der Waals surface area contributed by atoms with Gasteiger partial charge in [-0.1, -0.05) is 6.42 Å². The highest BCUT2D eigenvalue weighted by atomic mass is 79.9. The normalized spacial score (nSPS) is 17.0. The summed E-state index contributed by atoms with van der Waals surface area (Å²) in [5.41, 5.74) is 0.446. The standard InChI is InChI=1S/C13H20BrN3O2/c1-9(18)5-6-15-12-11(14)7-16-17(13(12)19)8-10-3-2-4-10/h7,9-10,15,18H,2-6,8H2,1H3. The van der Waals surface area contributed by atoms with E-state index in [1.807, 2.05) is 0 Å². The van der Waals surface area contributed by atoms with Gasteiger partial charge in [0.1, 0.15) is 5.69 Å². The van der Waals surface area contributed by atoms with Crippen molar-refractivity contribution in [2.75, 3.05) is 11.9 Å². The van der Waals surface area contributed by atoms with Gasteiger partial charge in [-0.05, 0) is 48.0 Å². The van der Waals surface area contributed by atoms with E-state index < -0.39 is 0 Å². The van der Waals surface area contributed by atoms with Crippen LogP contribution in [0.5, 0.6) is 0 Å². The van der Waals surface area contributed by atoms with Gasteiger partial charge in [-0.15, -0.1) is 0 Å². The summed E-state index contributed by atoms with van der Waals surface area (Å²) in [6.45, 7) is 3.01. The lowest BCUT2D eigenvalue weighted by Gasteiger charge is -2.25. The molecule has 19 heavy (non-hydrogen) atoms. The maximum atomic E-state index is 12.3. The highest BCUT2D eigenvalue weighted by Gasteiger charge is 2.20. The Morgan fingerprint density at radius 3 is 2.95 bits per heavy atom. The Morgan fingerprint density at radius 2 is 2.37 bits per heavy atom. The summed E-state index contributed by atoms with van der Waals surface area (Å²) in [6, 6.07) is 0. The fourth-order valence-corrected chi connectivity index (χ4v) is 2.49. The van der Waals surface area contributed by atoms with Crippen molar-refractivity contribution in [2.45, 2.75) is 45.3 Å². The first kappa shape index (κ1) is 14.5. The van der Waals surface area contributed by atoms with E-state index >= 15 is 0 Å². The molecule has 0 amide bonds. The second-order valence-electron chi connectivity index (χ2n) is 5.22. The molecule has 0 aliphatic heterocycles. The molecule has 1 aliphatic rings. The zero-order valence-electron chi connectivity index (χ0n) is 11.1. The lowest BCUT2D eigenvalue weighted by Crippen LogP contribution is -2.31. The largest absolute Gasteiger partial charge is 0.393 e. The number of aliphatic hydroxyl groups excluding tert-OH is 1. The van der Waals surface area contributed by atoms with Gasteiger partial charge in [-0.2, -0.15) is 5.10 Å². The van der Waals surface area contributed by atoms with Gasteiger partial charge in [0.2, 0.25) is 0 Å². The number of nitrogens with one attached hydrogen (secondary N) is 1. The molecule has 0 radical (unpaired) electrons. The first-order valence-electron chi connectivity index (χ1n) is 6.75. The maximum absolute atomic E-state index is 12.3. The summed E-state index contributed by atoms with van der Waals surface area (Å²) in [7, 11) is 0. The SMILES string of the molecule is CC(O)CCNc1c(Br)cnn(CC2CCC2)c1=O. The monoisotopic (exact) mass is 329 g/mol. The molecule has 5 nitrogen and oxygen atoms in total. The molecule has 1 atom stereocenters. The van der Waals surface area contributed by atoms with E-state index in [-0.39, 0.29) is 11.7 Å². The molecule has 6 heteroatoms. The number of hydrogen-bond donors (Lipinski definition) is 2. The number of hydrogen-bond acceptors (Lipinski definition) is 4. The third-order valence-corrected chi connectivity index (χ3v) is 4.12. The van der Waals surface area contributed by atoms with Crippen LogP contribution < -0.4 is 10.9 Å².